The van der Waals surface area contributed by atoms with Crippen molar-refractivity contribution in [3.63, 3.8) is 0 Å². The Kier molecular flexibility index (Phi) is 4.20. The summed E-state index contributed by atoms with van der Waals surface area (Å²) in [5.41, 5.74) is 6.16. The molecule has 1 heterocycles. The van der Waals surface area contributed by atoms with Crippen LogP contribution >= 0.6 is 24.2 Å². The fourth-order valence-electron chi connectivity index (χ4n) is 2.34. The molecule has 1 aliphatic heterocycles. The second-order valence-corrected chi connectivity index (χ2v) is 6.52. The van der Waals surface area contributed by atoms with Gasteiger partial charge in [0.25, 0.3) is 0 Å². The minimum Gasteiger partial charge on any atom is -0.327 e. The lowest BCUT2D eigenvalue weighted by Crippen LogP contribution is -2.68. The van der Waals surface area contributed by atoms with Gasteiger partial charge in [-0.3, -0.25) is 0 Å². The van der Waals surface area contributed by atoms with E-state index < -0.39 is 0 Å². The van der Waals surface area contributed by atoms with Gasteiger partial charge in [0.1, 0.15) is 0 Å². The molecule has 1 atom stereocenters. The molecule has 1 rings (SSSR count). The number of rotatable bonds is 0. The smallest absolute Gasteiger partial charge is 0.0377 e. The lowest BCUT2D eigenvalue weighted by Gasteiger charge is -2.59. The van der Waals surface area contributed by atoms with Gasteiger partial charge in [0.15, 0.2) is 0 Å². The molecule has 1 aliphatic rings. The predicted octanol–water partition coefficient (Wildman–Crippen LogP) is 3.18. The van der Waals surface area contributed by atoms with Gasteiger partial charge in [-0.25, -0.2) is 4.42 Å². The lowest BCUT2D eigenvalue weighted by molar-refractivity contribution is -0.0561. The number of nitrogens with two attached hydrogens (primary N) is 1. The topological polar surface area (TPSA) is 29.3 Å². The van der Waals surface area contributed by atoms with Crippen molar-refractivity contribution in [2.75, 3.05) is 0 Å². The highest BCUT2D eigenvalue weighted by atomic mass is 35.5. The van der Waals surface area contributed by atoms with E-state index in [1.54, 1.807) is 0 Å². The molecule has 0 aromatic heterocycles. The zero-order chi connectivity index (χ0) is 11.4. The fourth-order valence-corrected chi connectivity index (χ4v) is 2.62. The fraction of sp³-hybridized carbons (Fsp3) is 1.00. The molecule has 0 aliphatic carbocycles. The van der Waals surface area contributed by atoms with E-state index in [2.05, 4.69) is 41.5 Å². The standard InChI is InChI=1S/C11H23ClN2.ClH/c1-9(2)7-8(13)10(3,4)11(5,6)14(9)12;/h8H,7,13H2,1-6H3;1H. The van der Waals surface area contributed by atoms with Crippen LogP contribution in [0.2, 0.25) is 0 Å². The molecular weight excluding hydrogens is 231 g/mol. The second-order valence-electron chi connectivity index (χ2n) is 6.18. The summed E-state index contributed by atoms with van der Waals surface area (Å²) in [6.45, 7) is 13.0. The van der Waals surface area contributed by atoms with Crippen molar-refractivity contribution >= 4 is 24.2 Å². The number of hydrogen-bond donors (Lipinski definition) is 1. The van der Waals surface area contributed by atoms with Crippen molar-refractivity contribution in [1.29, 1.82) is 0 Å². The molecule has 0 aromatic rings. The van der Waals surface area contributed by atoms with Crippen molar-refractivity contribution in [1.82, 2.24) is 4.42 Å². The Labute approximate surface area is 105 Å². The molecule has 0 radical (unpaired) electrons. The summed E-state index contributed by atoms with van der Waals surface area (Å²) in [6.07, 6.45) is 0.937. The predicted molar refractivity (Wildman–Crippen MR) is 69.5 cm³/mol. The lowest BCUT2D eigenvalue weighted by atomic mass is 9.62. The zero-order valence-corrected chi connectivity index (χ0v) is 12.2. The maximum atomic E-state index is 6.43. The Morgan fingerprint density at radius 1 is 1.13 bits per heavy atom. The number of nitrogens with zero attached hydrogens (tertiary/aromatic N) is 1. The highest BCUT2D eigenvalue weighted by Crippen LogP contribution is 2.49. The molecule has 2 N–H and O–H groups in total. The second kappa shape index (κ2) is 4.06. The molecule has 1 unspecified atom stereocenters. The van der Waals surface area contributed by atoms with Crippen LogP contribution in [0.15, 0.2) is 0 Å². The molecule has 0 bridgehead atoms. The third-order valence-corrected chi connectivity index (χ3v) is 5.13. The summed E-state index contributed by atoms with van der Waals surface area (Å²) in [4.78, 5) is 0. The maximum Gasteiger partial charge on any atom is 0.0377 e. The van der Waals surface area contributed by atoms with E-state index >= 15 is 0 Å². The van der Waals surface area contributed by atoms with Crippen molar-refractivity contribution in [2.24, 2.45) is 11.1 Å². The molecule has 1 fully saturated rings. The summed E-state index contributed by atoms with van der Waals surface area (Å²) in [5, 5.41) is 0. The van der Waals surface area contributed by atoms with Gasteiger partial charge in [-0.15, -0.1) is 12.4 Å². The Hall–Kier alpha value is 0.500. The van der Waals surface area contributed by atoms with Gasteiger partial charge in [-0.05, 0) is 51.3 Å². The minimum atomic E-state index is -0.0876. The Bertz CT molecular complexity index is 237. The average Bonchev–Trinajstić information content (AvgIpc) is 1.99. The van der Waals surface area contributed by atoms with Gasteiger partial charge in [0.2, 0.25) is 0 Å². The molecule has 0 aromatic carbocycles. The highest BCUT2D eigenvalue weighted by Gasteiger charge is 2.54. The SMILES string of the molecule is CC1(C)CC(N)C(C)(C)C(C)(C)N1Cl.Cl. The minimum absolute atomic E-state index is 0. The Morgan fingerprint density at radius 3 is 1.93 bits per heavy atom. The molecule has 2 nitrogen and oxygen atoms in total. The summed E-state index contributed by atoms with van der Waals surface area (Å²) in [7, 11) is 0. The summed E-state index contributed by atoms with van der Waals surface area (Å²) in [6, 6.07) is 0.197. The first-order valence-corrected chi connectivity index (χ1v) is 5.59. The zero-order valence-electron chi connectivity index (χ0n) is 10.6. The molecule has 0 saturated carbocycles. The summed E-state index contributed by atoms with van der Waals surface area (Å²) >= 11 is 6.43. The number of piperidine rings is 1. The first-order chi connectivity index (χ1) is 6.03. The van der Waals surface area contributed by atoms with E-state index in [0.717, 1.165) is 6.42 Å². The van der Waals surface area contributed by atoms with Crippen molar-refractivity contribution in [2.45, 2.75) is 65.1 Å². The monoisotopic (exact) mass is 254 g/mol. The molecule has 4 heteroatoms. The van der Waals surface area contributed by atoms with E-state index in [0.29, 0.717) is 0 Å². The van der Waals surface area contributed by atoms with Crippen LogP contribution in [0.3, 0.4) is 0 Å². The van der Waals surface area contributed by atoms with Gasteiger partial charge in [0, 0.05) is 17.1 Å². The van der Waals surface area contributed by atoms with E-state index in [1.807, 2.05) is 4.42 Å². The van der Waals surface area contributed by atoms with Crippen molar-refractivity contribution < 1.29 is 0 Å². The van der Waals surface area contributed by atoms with E-state index in [-0.39, 0.29) is 34.9 Å². The third-order valence-electron chi connectivity index (χ3n) is 4.25. The number of halogens is 2. The molecule has 92 valence electrons. The summed E-state index contributed by atoms with van der Waals surface area (Å²) in [5.74, 6) is 0. The van der Waals surface area contributed by atoms with Crippen LogP contribution in [0.1, 0.15) is 48.0 Å². The Balaban J connectivity index is 0.00000196. The third kappa shape index (κ3) is 2.14. The van der Waals surface area contributed by atoms with Gasteiger partial charge >= 0.3 is 0 Å². The number of hydrogen-bond acceptors (Lipinski definition) is 2. The van der Waals surface area contributed by atoms with E-state index in [4.69, 9.17) is 17.5 Å². The van der Waals surface area contributed by atoms with Crippen LogP contribution in [-0.2, 0) is 0 Å². The molecule has 0 spiro atoms. The van der Waals surface area contributed by atoms with Crippen molar-refractivity contribution in [3.05, 3.63) is 0 Å². The normalized spacial score (nSPS) is 33.2. The van der Waals surface area contributed by atoms with E-state index in [9.17, 15) is 0 Å². The Morgan fingerprint density at radius 2 is 1.53 bits per heavy atom. The highest BCUT2D eigenvalue weighted by molar-refractivity contribution is 6.14. The average molecular weight is 255 g/mol. The maximum absolute atomic E-state index is 6.43. The van der Waals surface area contributed by atoms with Crippen LogP contribution in [0, 0.1) is 5.41 Å². The van der Waals surface area contributed by atoms with Crippen LogP contribution in [0.5, 0.6) is 0 Å². The van der Waals surface area contributed by atoms with Crippen LogP contribution in [-0.4, -0.2) is 21.5 Å². The largest absolute Gasteiger partial charge is 0.327 e. The van der Waals surface area contributed by atoms with Gasteiger partial charge in [-0.1, -0.05) is 13.8 Å². The van der Waals surface area contributed by atoms with Crippen LogP contribution < -0.4 is 5.73 Å². The summed E-state index contributed by atoms with van der Waals surface area (Å²) < 4.78 is 1.95. The van der Waals surface area contributed by atoms with Gasteiger partial charge in [-0.2, -0.15) is 0 Å². The molecular formula is C11H24Cl2N2. The molecule has 1 saturated heterocycles. The quantitative estimate of drug-likeness (QED) is 0.673. The van der Waals surface area contributed by atoms with Gasteiger partial charge in [0.05, 0.1) is 0 Å². The van der Waals surface area contributed by atoms with Crippen LogP contribution in [0.25, 0.3) is 0 Å². The first kappa shape index (κ1) is 15.5. The first-order valence-electron chi connectivity index (χ1n) is 5.25. The molecule has 0 amide bonds. The van der Waals surface area contributed by atoms with E-state index in [1.165, 1.54) is 0 Å². The van der Waals surface area contributed by atoms with Crippen molar-refractivity contribution in [3.8, 4) is 0 Å². The van der Waals surface area contributed by atoms with Crippen LogP contribution in [0.4, 0.5) is 0 Å². The van der Waals surface area contributed by atoms with Gasteiger partial charge < -0.3 is 5.73 Å². The molecule has 15 heavy (non-hydrogen) atoms.